The van der Waals surface area contributed by atoms with Crippen LogP contribution in [0.4, 0.5) is 10.5 Å². The third-order valence-corrected chi connectivity index (χ3v) is 8.55. The predicted molar refractivity (Wildman–Crippen MR) is 167 cm³/mol. The van der Waals surface area contributed by atoms with Crippen LogP contribution in [0.1, 0.15) is 63.6 Å². The fourth-order valence-corrected chi connectivity index (χ4v) is 5.70. The summed E-state index contributed by atoms with van der Waals surface area (Å²) in [5, 5.41) is 3.68. The van der Waals surface area contributed by atoms with Crippen LogP contribution in [0, 0.1) is 0 Å². The van der Waals surface area contributed by atoms with Crippen molar-refractivity contribution in [2.24, 2.45) is 0 Å². The molecule has 0 radical (unpaired) electrons. The summed E-state index contributed by atoms with van der Waals surface area (Å²) in [6, 6.07) is 16.8. The van der Waals surface area contributed by atoms with Crippen LogP contribution >= 0.6 is 11.6 Å². The third-order valence-electron chi connectivity index (χ3n) is 8.18. The lowest BCUT2D eigenvalue weighted by molar-refractivity contribution is -0.136. The van der Waals surface area contributed by atoms with Gasteiger partial charge in [-0.25, -0.2) is 4.79 Å². The largest absolute Gasteiger partial charge is 0.497 e. The van der Waals surface area contributed by atoms with Gasteiger partial charge < -0.3 is 29.2 Å². The molecule has 3 aromatic rings. The van der Waals surface area contributed by atoms with Gasteiger partial charge in [0.05, 0.1) is 20.8 Å². The van der Waals surface area contributed by atoms with E-state index in [1.807, 2.05) is 55.3 Å². The molecule has 226 valence electrons. The average Bonchev–Trinajstić information content (AvgIpc) is 3.45. The van der Waals surface area contributed by atoms with E-state index in [2.05, 4.69) is 16.0 Å². The minimum atomic E-state index is -0.335. The number of amides is 3. The Kier molecular flexibility index (Phi) is 11.2. The van der Waals surface area contributed by atoms with Gasteiger partial charge in [-0.2, -0.15) is 0 Å². The van der Waals surface area contributed by atoms with Crippen molar-refractivity contribution >= 4 is 29.2 Å². The summed E-state index contributed by atoms with van der Waals surface area (Å²) in [4.78, 5) is 31.3. The minimum Gasteiger partial charge on any atom is -0.497 e. The number of nitrogens with zero attached hydrogens (tertiary/aromatic N) is 3. The Morgan fingerprint density at radius 1 is 1.02 bits per heavy atom. The number of ether oxygens (including phenoxy) is 2. The lowest BCUT2D eigenvalue weighted by Gasteiger charge is -2.37. The van der Waals surface area contributed by atoms with Crippen LogP contribution in [0.25, 0.3) is 0 Å². The number of nitrogens with one attached hydrogen (secondary N) is 1. The maximum Gasteiger partial charge on any atom is 0.322 e. The number of benzene rings is 2. The Bertz CT molecular complexity index is 1310. The summed E-state index contributed by atoms with van der Waals surface area (Å²) in [6.45, 7) is 5.08. The molecule has 1 N–H and O–H groups in total. The molecule has 2 aromatic carbocycles. The number of halogens is 1. The van der Waals surface area contributed by atoms with E-state index in [-0.39, 0.29) is 30.6 Å². The van der Waals surface area contributed by atoms with Crippen LogP contribution in [0.2, 0.25) is 5.02 Å². The van der Waals surface area contributed by atoms with Gasteiger partial charge in [0.15, 0.2) is 0 Å². The van der Waals surface area contributed by atoms with Crippen molar-refractivity contribution in [2.75, 3.05) is 26.1 Å². The number of carbonyl (C=O) groups excluding carboxylic acids is 2. The highest BCUT2D eigenvalue weighted by atomic mass is 35.5. The van der Waals surface area contributed by atoms with E-state index in [4.69, 9.17) is 21.1 Å². The van der Waals surface area contributed by atoms with Gasteiger partial charge >= 0.3 is 6.03 Å². The van der Waals surface area contributed by atoms with Crippen molar-refractivity contribution < 1.29 is 19.1 Å². The van der Waals surface area contributed by atoms with Crippen LogP contribution in [-0.4, -0.2) is 59.2 Å². The summed E-state index contributed by atoms with van der Waals surface area (Å²) in [5.74, 6) is 1.09. The molecule has 0 saturated heterocycles. The molecule has 42 heavy (non-hydrogen) atoms. The molecule has 1 unspecified atom stereocenters. The average molecular weight is 595 g/mol. The summed E-state index contributed by atoms with van der Waals surface area (Å²) in [5.41, 5.74) is 2.61. The molecule has 1 saturated carbocycles. The first-order valence-corrected chi connectivity index (χ1v) is 15.2. The minimum absolute atomic E-state index is 0.0103. The van der Waals surface area contributed by atoms with Gasteiger partial charge in [0, 0.05) is 59.4 Å². The second kappa shape index (κ2) is 15.0. The van der Waals surface area contributed by atoms with Crippen molar-refractivity contribution in [1.29, 1.82) is 0 Å². The van der Waals surface area contributed by atoms with Gasteiger partial charge in [0.1, 0.15) is 18.0 Å². The van der Waals surface area contributed by atoms with Crippen LogP contribution < -0.4 is 14.8 Å². The van der Waals surface area contributed by atoms with Crippen molar-refractivity contribution in [3.8, 4) is 11.5 Å². The first-order valence-electron chi connectivity index (χ1n) is 14.8. The fourth-order valence-electron chi connectivity index (χ4n) is 5.51. The number of aromatic nitrogens is 1. The van der Waals surface area contributed by atoms with Crippen LogP contribution in [0.5, 0.6) is 11.5 Å². The quantitative estimate of drug-likeness (QED) is 0.241. The number of hydrogen-bond donors (Lipinski definition) is 1. The first-order chi connectivity index (χ1) is 20.3. The highest BCUT2D eigenvalue weighted by molar-refractivity contribution is 6.31. The number of carbonyl (C=O) groups is 2. The lowest BCUT2D eigenvalue weighted by atomic mass is 9.94. The smallest absolute Gasteiger partial charge is 0.322 e. The predicted octanol–water partition coefficient (Wildman–Crippen LogP) is 7.20. The zero-order chi connectivity index (χ0) is 30.1. The van der Waals surface area contributed by atoms with Crippen molar-refractivity contribution in [1.82, 2.24) is 14.4 Å². The molecule has 1 atom stereocenters. The van der Waals surface area contributed by atoms with Crippen LogP contribution in [0.15, 0.2) is 60.8 Å². The van der Waals surface area contributed by atoms with E-state index in [1.54, 1.807) is 37.3 Å². The molecule has 9 heteroatoms. The molecule has 0 aliphatic heterocycles. The third kappa shape index (κ3) is 8.00. The lowest BCUT2D eigenvalue weighted by Crippen LogP contribution is -2.50. The zero-order valence-electron chi connectivity index (χ0n) is 25.1. The van der Waals surface area contributed by atoms with Crippen molar-refractivity contribution in [3.05, 3.63) is 77.1 Å². The summed E-state index contributed by atoms with van der Waals surface area (Å²) in [7, 11) is 3.13. The molecule has 1 fully saturated rings. The Hall–Kier alpha value is -3.65. The van der Waals surface area contributed by atoms with Gasteiger partial charge in [0.25, 0.3) is 0 Å². The maximum absolute atomic E-state index is 14.1. The number of hydrogen-bond acceptors (Lipinski definition) is 4. The van der Waals surface area contributed by atoms with Gasteiger partial charge in [-0.15, -0.1) is 0 Å². The Morgan fingerprint density at radius 3 is 2.36 bits per heavy atom. The number of methoxy groups -OCH3 is 2. The van der Waals surface area contributed by atoms with Crippen LogP contribution in [0.3, 0.4) is 0 Å². The molecule has 8 nitrogen and oxygen atoms in total. The summed E-state index contributed by atoms with van der Waals surface area (Å²) in [6.07, 6.45) is 8.07. The van der Waals surface area contributed by atoms with Gasteiger partial charge in [-0.1, -0.05) is 56.0 Å². The second-order valence-corrected chi connectivity index (χ2v) is 11.4. The monoisotopic (exact) mass is 594 g/mol. The maximum atomic E-state index is 14.1. The zero-order valence-corrected chi connectivity index (χ0v) is 25.9. The molecule has 1 aliphatic rings. The van der Waals surface area contributed by atoms with Gasteiger partial charge in [-0.05, 0) is 49.9 Å². The Morgan fingerprint density at radius 2 is 1.71 bits per heavy atom. The molecule has 1 aliphatic carbocycles. The molecule has 0 spiro atoms. The van der Waals surface area contributed by atoms with Crippen molar-refractivity contribution in [3.63, 3.8) is 0 Å². The molecule has 1 aromatic heterocycles. The van der Waals surface area contributed by atoms with E-state index in [9.17, 15) is 9.59 Å². The first kappa shape index (κ1) is 31.3. The van der Waals surface area contributed by atoms with E-state index in [1.165, 1.54) is 6.42 Å². The molecule has 0 bridgehead atoms. The van der Waals surface area contributed by atoms with Gasteiger partial charge in [-0.3, -0.25) is 4.79 Å². The van der Waals surface area contributed by atoms with E-state index in [0.717, 1.165) is 42.0 Å². The van der Waals surface area contributed by atoms with Crippen molar-refractivity contribution in [2.45, 2.75) is 77.5 Å². The van der Waals surface area contributed by atoms with E-state index >= 15 is 0 Å². The number of urea groups is 1. The highest BCUT2D eigenvalue weighted by Crippen LogP contribution is 2.28. The Balaban J connectivity index is 1.55. The molecular formula is C33H43ClN4O4. The van der Waals surface area contributed by atoms with Gasteiger partial charge in [0.2, 0.25) is 5.91 Å². The molecule has 3 amide bonds. The summed E-state index contributed by atoms with van der Waals surface area (Å²) < 4.78 is 12.9. The van der Waals surface area contributed by atoms with E-state index in [0.29, 0.717) is 36.7 Å². The molecule has 4 rings (SSSR count). The highest BCUT2D eigenvalue weighted by Gasteiger charge is 2.30. The van der Waals surface area contributed by atoms with Crippen LogP contribution in [-0.2, 0) is 17.9 Å². The molecular weight excluding hydrogens is 552 g/mol. The normalized spacial score (nSPS) is 14.2. The van der Waals surface area contributed by atoms with E-state index < -0.39 is 0 Å². The fraction of sp³-hybridized carbons (Fsp3) is 0.455. The Labute approximate surface area is 254 Å². The second-order valence-electron chi connectivity index (χ2n) is 10.9. The molecule has 1 heterocycles. The number of anilines is 1. The topological polar surface area (TPSA) is 76.0 Å². The summed E-state index contributed by atoms with van der Waals surface area (Å²) >= 11 is 6.46. The standard InChI is InChI=1S/C33H43ClN4O4/c1-5-24(2)37(33(40)35-26-18-29(41-3)20-30(19-26)42-4)23-32(39)38(27-13-7-6-8-14-27)22-28-15-11-17-36(28)21-25-12-9-10-16-31(25)34/h9-12,15-20,24,27H,5-8,13-14,21-23H2,1-4H3,(H,35,40). The number of rotatable bonds is 12. The SMILES string of the molecule is CCC(C)N(CC(=O)N(Cc1cccn1Cc1ccccc1Cl)C1CCCCC1)C(=O)Nc1cc(OC)cc(OC)c1.